The molecule has 1 atom stereocenters. The molecule has 17 heavy (non-hydrogen) atoms. The molecule has 0 N–H and O–H groups in total. The molecule has 3 nitrogen and oxygen atoms in total. The number of esters is 1. The smallest absolute Gasteiger partial charge is 0.316 e. The van der Waals surface area contributed by atoms with E-state index in [1.807, 2.05) is 0 Å². The second kappa shape index (κ2) is 11.2. The number of Topliss-reactive ketones (excluding diaryl/α,β-unsaturated/α-hetero) is 1. The van der Waals surface area contributed by atoms with E-state index in [0.29, 0.717) is 19.4 Å². The fraction of sp³-hybridized carbons (Fsp3) is 0.833. The van der Waals surface area contributed by atoms with Gasteiger partial charge in [-0.05, 0) is 32.6 Å². The maximum absolute atomic E-state index is 11.9. The van der Waals surface area contributed by atoms with Crippen molar-refractivity contribution in [2.24, 2.45) is 5.92 Å². The van der Waals surface area contributed by atoms with Crippen molar-refractivity contribution in [2.75, 3.05) is 17.3 Å². The van der Waals surface area contributed by atoms with Gasteiger partial charge in [0, 0.05) is 17.1 Å². The molecule has 0 bridgehead atoms. The van der Waals surface area contributed by atoms with Gasteiger partial charge in [0.2, 0.25) is 0 Å². The summed E-state index contributed by atoms with van der Waals surface area (Å²) in [5, 5.41) is 1.70. The summed E-state index contributed by atoms with van der Waals surface area (Å²) in [5.41, 5.74) is 0. The van der Waals surface area contributed by atoms with Crippen LogP contribution in [0, 0.1) is 5.92 Å². The highest BCUT2D eigenvalue weighted by Crippen LogP contribution is 2.15. The van der Waals surface area contributed by atoms with E-state index in [2.05, 4.69) is 31.9 Å². The van der Waals surface area contributed by atoms with Gasteiger partial charge in [0.15, 0.2) is 0 Å². The molecular weight excluding hydrogens is 352 g/mol. The number of rotatable bonds is 10. The third kappa shape index (κ3) is 7.92. The van der Waals surface area contributed by atoms with Crippen molar-refractivity contribution in [3.05, 3.63) is 0 Å². The molecule has 0 saturated heterocycles. The van der Waals surface area contributed by atoms with Gasteiger partial charge in [0.05, 0.1) is 6.61 Å². The molecule has 0 aromatic rings. The van der Waals surface area contributed by atoms with E-state index in [0.717, 1.165) is 29.9 Å². The van der Waals surface area contributed by atoms with E-state index in [1.165, 1.54) is 0 Å². The number of alkyl halides is 2. The maximum Gasteiger partial charge on any atom is 0.316 e. The highest BCUT2D eigenvalue weighted by atomic mass is 79.9. The summed E-state index contributed by atoms with van der Waals surface area (Å²) in [7, 11) is 0. The van der Waals surface area contributed by atoms with E-state index in [1.54, 1.807) is 6.92 Å². The summed E-state index contributed by atoms with van der Waals surface area (Å²) >= 11 is 6.63. The maximum atomic E-state index is 11.9. The number of hydrogen-bond donors (Lipinski definition) is 0. The summed E-state index contributed by atoms with van der Waals surface area (Å²) in [6.45, 7) is 2.09. The molecule has 0 aromatic heterocycles. The number of carbonyl (C=O) groups is 2. The van der Waals surface area contributed by atoms with Crippen LogP contribution in [0.4, 0.5) is 0 Å². The summed E-state index contributed by atoms with van der Waals surface area (Å²) in [6, 6.07) is 0. The van der Waals surface area contributed by atoms with Gasteiger partial charge >= 0.3 is 5.97 Å². The fourth-order valence-corrected chi connectivity index (χ4v) is 2.22. The number of ether oxygens (including phenoxy) is 1. The van der Waals surface area contributed by atoms with E-state index in [4.69, 9.17) is 4.74 Å². The average molecular weight is 372 g/mol. The van der Waals surface area contributed by atoms with Crippen LogP contribution in [0.15, 0.2) is 0 Å². The molecule has 0 aromatic carbocycles. The topological polar surface area (TPSA) is 43.4 Å². The molecule has 0 saturated carbocycles. The second-order valence-corrected chi connectivity index (χ2v) is 5.33. The van der Waals surface area contributed by atoms with E-state index in [9.17, 15) is 9.59 Å². The molecule has 0 spiro atoms. The quantitative estimate of drug-likeness (QED) is 0.255. The molecule has 0 unspecified atom stereocenters. The van der Waals surface area contributed by atoms with Gasteiger partial charge in [-0.25, -0.2) is 0 Å². The van der Waals surface area contributed by atoms with Crippen molar-refractivity contribution in [3.63, 3.8) is 0 Å². The Morgan fingerprint density at radius 2 is 1.76 bits per heavy atom. The zero-order valence-electron chi connectivity index (χ0n) is 10.2. The zero-order valence-corrected chi connectivity index (χ0v) is 13.4. The molecule has 0 rings (SSSR count). The fourth-order valence-electron chi connectivity index (χ4n) is 1.50. The number of hydrogen-bond acceptors (Lipinski definition) is 3. The predicted octanol–water partition coefficient (Wildman–Crippen LogP) is 3.48. The largest absolute Gasteiger partial charge is 0.465 e. The Labute approximate surface area is 120 Å². The standard InChI is InChI=1S/C12H20Br2O3/c1-2-17-12(16)10(6-5-9-14)11(15)7-3-4-8-13/h10H,2-9H2,1H3/t10-/m0/s1. The van der Waals surface area contributed by atoms with Gasteiger partial charge in [-0.3, -0.25) is 9.59 Å². The van der Waals surface area contributed by atoms with Crippen LogP contribution < -0.4 is 0 Å². The van der Waals surface area contributed by atoms with Crippen molar-refractivity contribution < 1.29 is 14.3 Å². The lowest BCUT2D eigenvalue weighted by Gasteiger charge is -2.13. The molecule has 0 heterocycles. The van der Waals surface area contributed by atoms with Crippen LogP contribution in [-0.2, 0) is 14.3 Å². The Kier molecular flexibility index (Phi) is 11.3. The van der Waals surface area contributed by atoms with Gasteiger partial charge in [-0.15, -0.1) is 0 Å². The number of carbonyl (C=O) groups excluding carboxylic acids is 2. The van der Waals surface area contributed by atoms with Gasteiger partial charge in [-0.1, -0.05) is 31.9 Å². The van der Waals surface area contributed by atoms with Gasteiger partial charge in [-0.2, -0.15) is 0 Å². The Bertz CT molecular complexity index is 232. The highest BCUT2D eigenvalue weighted by Gasteiger charge is 2.26. The van der Waals surface area contributed by atoms with Gasteiger partial charge < -0.3 is 4.74 Å². The summed E-state index contributed by atoms with van der Waals surface area (Å²) in [6.07, 6.45) is 3.65. The Balaban J connectivity index is 4.23. The lowest BCUT2D eigenvalue weighted by Crippen LogP contribution is -2.26. The molecule has 0 aliphatic rings. The first-order valence-corrected chi connectivity index (χ1v) is 8.22. The predicted molar refractivity (Wildman–Crippen MR) is 75.8 cm³/mol. The van der Waals surface area contributed by atoms with Crippen LogP contribution in [-0.4, -0.2) is 29.0 Å². The number of ketones is 1. The number of halogens is 2. The van der Waals surface area contributed by atoms with Crippen molar-refractivity contribution in [1.29, 1.82) is 0 Å². The number of unbranched alkanes of at least 4 members (excludes halogenated alkanes) is 1. The molecular formula is C12H20Br2O3. The minimum atomic E-state index is -0.567. The van der Waals surface area contributed by atoms with Crippen LogP contribution in [0.5, 0.6) is 0 Å². The van der Waals surface area contributed by atoms with Crippen LogP contribution in [0.25, 0.3) is 0 Å². The van der Waals surface area contributed by atoms with Gasteiger partial charge in [0.25, 0.3) is 0 Å². The van der Waals surface area contributed by atoms with Crippen molar-refractivity contribution in [2.45, 2.75) is 39.0 Å². The van der Waals surface area contributed by atoms with Crippen molar-refractivity contribution >= 4 is 43.6 Å². The minimum Gasteiger partial charge on any atom is -0.465 e. The molecule has 0 aliphatic heterocycles. The molecule has 5 heteroatoms. The van der Waals surface area contributed by atoms with Crippen LogP contribution in [0.1, 0.15) is 39.0 Å². The Morgan fingerprint density at radius 1 is 1.12 bits per heavy atom. The first kappa shape index (κ1) is 17.1. The third-order valence-corrected chi connectivity index (χ3v) is 3.51. The van der Waals surface area contributed by atoms with Crippen molar-refractivity contribution in [1.82, 2.24) is 0 Å². The molecule has 100 valence electrons. The Hall–Kier alpha value is 0.1000. The Morgan fingerprint density at radius 3 is 2.29 bits per heavy atom. The monoisotopic (exact) mass is 370 g/mol. The zero-order chi connectivity index (χ0) is 13.1. The highest BCUT2D eigenvalue weighted by molar-refractivity contribution is 9.09. The lowest BCUT2D eigenvalue weighted by molar-refractivity contribution is -0.151. The van der Waals surface area contributed by atoms with Crippen LogP contribution in [0.3, 0.4) is 0 Å². The van der Waals surface area contributed by atoms with E-state index in [-0.39, 0.29) is 11.8 Å². The third-order valence-electron chi connectivity index (χ3n) is 2.39. The lowest BCUT2D eigenvalue weighted by atomic mass is 9.95. The van der Waals surface area contributed by atoms with Crippen LogP contribution >= 0.6 is 31.9 Å². The molecule has 0 radical (unpaired) electrons. The summed E-state index contributed by atoms with van der Waals surface area (Å²) in [5.74, 6) is -0.912. The molecule has 0 fully saturated rings. The first-order valence-electron chi connectivity index (χ1n) is 5.98. The molecule has 0 aliphatic carbocycles. The summed E-state index contributed by atoms with van der Waals surface area (Å²) < 4.78 is 4.94. The van der Waals surface area contributed by atoms with Crippen LogP contribution in [0.2, 0.25) is 0 Å². The normalized spacial score (nSPS) is 12.2. The molecule has 0 amide bonds. The minimum absolute atomic E-state index is 0.0188. The average Bonchev–Trinajstić information content (AvgIpc) is 2.30. The van der Waals surface area contributed by atoms with Crippen molar-refractivity contribution in [3.8, 4) is 0 Å². The van der Waals surface area contributed by atoms with Gasteiger partial charge in [0.1, 0.15) is 11.7 Å². The van der Waals surface area contributed by atoms with E-state index < -0.39 is 5.92 Å². The SMILES string of the molecule is CCOC(=O)[C@@H](CCCBr)C(=O)CCCCBr. The first-order chi connectivity index (χ1) is 8.17. The summed E-state index contributed by atoms with van der Waals surface area (Å²) in [4.78, 5) is 23.6. The van der Waals surface area contributed by atoms with E-state index >= 15 is 0 Å². The second-order valence-electron chi connectivity index (χ2n) is 3.75.